The Labute approximate surface area is 171 Å². The second-order valence-corrected chi connectivity index (χ2v) is 9.92. The molecule has 0 amide bonds. The van der Waals surface area contributed by atoms with Crippen molar-refractivity contribution in [1.82, 2.24) is 0 Å². The second-order valence-electron chi connectivity index (χ2n) is 7.87. The molecule has 4 heteroatoms. The van der Waals surface area contributed by atoms with Crippen molar-refractivity contribution in [2.75, 3.05) is 6.16 Å². The van der Waals surface area contributed by atoms with Crippen molar-refractivity contribution >= 4 is 7.94 Å². The fraction of sp³-hybridized carbons (Fsp3) is 0.500. The molecule has 0 fully saturated rings. The molecular formula is C24H37O3P. The van der Waals surface area contributed by atoms with Crippen LogP contribution >= 0.6 is 7.94 Å². The molecule has 0 saturated carbocycles. The fourth-order valence-corrected chi connectivity index (χ4v) is 4.57. The summed E-state index contributed by atoms with van der Waals surface area (Å²) in [6, 6.07) is 21.7. The summed E-state index contributed by atoms with van der Waals surface area (Å²) in [6.07, 6.45) is 11.7. The first-order valence-electron chi connectivity index (χ1n) is 10.8. The molecule has 0 aliphatic carbocycles. The van der Waals surface area contributed by atoms with Crippen molar-refractivity contribution in [3.8, 4) is 0 Å². The smallest absolute Gasteiger partial charge is 0.0622 e. The van der Waals surface area contributed by atoms with E-state index in [1.54, 1.807) is 0 Å². The Morgan fingerprint density at radius 1 is 0.536 bits per heavy atom. The van der Waals surface area contributed by atoms with E-state index in [1.165, 1.54) is 56.1 Å². The maximum absolute atomic E-state index is 8.98. The third-order valence-electron chi connectivity index (χ3n) is 5.41. The first kappa shape index (κ1) is 23.0. The summed E-state index contributed by atoms with van der Waals surface area (Å²) in [4.78, 5) is 26.9. The molecule has 0 bridgehead atoms. The van der Waals surface area contributed by atoms with Crippen LogP contribution in [0.3, 0.4) is 0 Å². The molecule has 3 N–H and O–H groups in total. The van der Waals surface area contributed by atoms with Crippen LogP contribution in [0.1, 0.15) is 81.3 Å². The number of rotatable bonds is 14. The summed E-state index contributed by atoms with van der Waals surface area (Å²) >= 11 is 0. The molecule has 0 spiro atoms. The van der Waals surface area contributed by atoms with Crippen LogP contribution in [-0.4, -0.2) is 20.8 Å². The van der Waals surface area contributed by atoms with Gasteiger partial charge in [0.15, 0.2) is 0 Å². The van der Waals surface area contributed by atoms with E-state index >= 15 is 0 Å². The van der Waals surface area contributed by atoms with Crippen LogP contribution in [-0.2, 0) is 0 Å². The third kappa shape index (κ3) is 9.80. The molecule has 0 aliphatic rings. The number of unbranched alkanes of at least 4 members (excludes halogenated alkanes) is 8. The zero-order valence-corrected chi connectivity index (χ0v) is 18.0. The third-order valence-corrected chi connectivity index (χ3v) is 6.43. The summed E-state index contributed by atoms with van der Waals surface area (Å²) in [5.41, 5.74) is 2.82. The van der Waals surface area contributed by atoms with E-state index in [4.69, 9.17) is 14.7 Å². The van der Waals surface area contributed by atoms with Gasteiger partial charge < -0.3 is 0 Å². The predicted octanol–water partition coefficient (Wildman–Crippen LogP) is 6.19. The minimum atomic E-state index is -3.81. The Bertz CT molecular complexity index is 586. The molecule has 0 saturated heterocycles. The zero-order chi connectivity index (χ0) is 20.1. The van der Waals surface area contributed by atoms with Gasteiger partial charge in [-0.25, -0.2) is 0 Å². The van der Waals surface area contributed by atoms with Crippen molar-refractivity contribution < 1.29 is 14.7 Å². The standard InChI is InChI=1S/C24H37O3P/c25-28(26,27)21-15-7-5-3-1-2-4-6-14-20-24(22-16-10-8-11-17-22)23-18-12-9-13-19-23/h8-13,16-19,24-28H,1-7,14-15,20-21H2. The van der Waals surface area contributed by atoms with Gasteiger partial charge in [-0.3, -0.25) is 0 Å². The maximum atomic E-state index is 8.98. The molecule has 0 heterocycles. The minimum absolute atomic E-state index is 0.178. The van der Waals surface area contributed by atoms with Crippen LogP contribution in [0.2, 0.25) is 0 Å². The SMILES string of the molecule is O[PH](O)(O)CCCCCCCCCCCC(c1ccccc1)c1ccccc1. The fourth-order valence-electron chi connectivity index (χ4n) is 3.84. The van der Waals surface area contributed by atoms with Crippen LogP contribution in [0.15, 0.2) is 60.7 Å². The Hall–Kier alpha value is -1.25. The van der Waals surface area contributed by atoms with E-state index in [0.29, 0.717) is 5.92 Å². The van der Waals surface area contributed by atoms with Gasteiger partial charge in [0.2, 0.25) is 0 Å². The monoisotopic (exact) mass is 404 g/mol. The van der Waals surface area contributed by atoms with Gasteiger partial charge in [0.1, 0.15) is 0 Å². The molecule has 0 aliphatic heterocycles. The van der Waals surface area contributed by atoms with Crippen LogP contribution in [0.5, 0.6) is 0 Å². The van der Waals surface area contributed by atoms with Gasteiger partial charge in [-0.15, -0.1) is 0 Å². The van der Waals surface area contributed by atoms with E-state index in [9.17, 15) is 0 Å². The normalized spacial score (nSPS) is 12.4. The molecular weight excluding hydrogens is 367 g/mol. The first-order valence-corrected chi connectivity index (χ1v) is 12.9. The van der Waals surface area contributed by atoms with Crippen LogP contribution < -0.4 is 0 Å². The van der Waals surface area contributed by atoms with E-state index in [2.05, 4.69) is 60.7 Å². The average Bonchev–Trinajstić information content (AvgIpc) is 2.69. The average molecular weight is 405 g/mol. The number of hydrogen-bond acceptors (Lipinski definition) is 3. The van der Waals surface area contributed by atoms with E-state index in [-0.39, 0.29) is 6.16 Å². The summed E-state index contributed by atoms with van der Waals surface area (Å²) in [5.74, 6) is 0.489. The minimum Gasteiger partial charge on any atom is -0.0622 e. The Kier molecular flexibility index (Phi) is 10.7. The van der Waals surface area contributed by atoms with Crippen LogP contribution in [0.4, 0.5) is 0 Å². The molecule has 2 rings (SSSR count). The van der Waals surface area contributed by atoms with Gasteiger partial charge in [-0.05, 0) is 11.1 Å². The van der Waals surface area contributed by atoms with Gasteiger partial charge in [-0.1, -0.05) is 60.7 Å². The van der Waals surface area contributed by atoms with E-state index < -0.39 is 7.94 Å². The van der Waals surface area contributed by atoms with Crippen molar-refractivity contribution in [1.29, 1.82) is 0 Å². The van der Waals surface area contributed by atoms with Crippen molar-refractivity contribution in [3.63, 3.8) is 0 Å². The van der Waals surface area contributed by atoms with Gasteiger partial charge >= 0.3 is 98.9 Å². The predicted molar refractivity (Wildman–Crippen MR) is 121 cm³/mol. The molecule has 156 valence electrons. The van der Waals surface area contributed by atoms with E-state index in [1.807, 2.05) is 0 Å². The summed E-state index contributed by atoms with van der Waals surface area (Å²) in [7, 11) is -3.81. The Balaban J connectivity index is 1.59. The van der Waals surface area contributed by atoms with Crippen LogP contribution in [0, 0.1) is 0 Å². The van der Waals surface area contributed by atoms with Gasteiger partial charge in [0.05, 0.1) is 0 Å². The van der Waals surface area contributed by atoms with E-state index in [0.717, 1.165) is 19.3 Å². The first-order chi connectivity index (χ1) is 13.6. The summed E-state index contributed by atoms with van der Waals surface area (Å²) in [5, 5.41) is 0. The molecule has 0 unspecified atom stereocenters. The van der Waals surface area contributed by atoms with Crippen molar-refractivity contribution in [2.45, 2.75) is 70.1 Å². The second kappa shape index (κ2) is 13.1. The van der Waals surface area contributed by atoms with Gasteiger partial charge in [-0.2, -0.15) is 0 Å². The van der Waals surface area contributed by atoms with Crippen molar-refractivity contribution in [3.05, 3.63) is 71.8 Å². The molecule has 0 radical (unpaired) electrons. The number of hydrogen-bond donors (Lipinski definition) is 3. The Morgan fingerprint density at radius 3 is 1.36 bits per heavy atom. The number of benzene rings is 2. The molecule has 3 nitrogen and oxygen atoms in total. The quantitative estimate of drug-likeness (QED) is 0.260. The molecule has 2 aromatic carbocycles. The van der Waals surface area contributed by atoms with Gasteiger partial charge in [0, 0.05) is 0 Å². The molecule has 2 aromatic rings. The summed E-state index contributed by atoms with van der Waals surface area (Å²) in [6.45, 7) is 0. The van der Waals surface area contributed by atoms with Gasteiger partial charge in [0.25, 0.3) is 0 Å². The molecule has 28 heavy (non-hydrogen) atoms. The Morgan fingerprint density at radius 2 is 0.929 bits per heavy atom. The summed E-state index contributed by atoms with van der Waals surface area (Å²) < 4.78 is 0. The van der Waals surface area contributed by atoms with Crippen molar-refractivity contribution in [2.24, 2.45) is 0 Å². The topological polar surface area (TPSA) is 60.7 Å². The zero-order valence-electron chi connectivity index (χ0n) is 17.0. The molecule has 0 aromatic heterocycles. The molecule has 0 atom stereocenters. The van der Waals surface area contributed by atoms with Crippen LogP contribution in [0.25, 0.3) is 0 Å².